The van der Waals surface area contributed by atoms with Crippen LogP contribution in [0.5, 0.6) is 0 Å². The van der Waals surface area contributed by atoms with Gasteiger partial charge in [-0.25, -0.2) is 0 Å². The summed E-state index contributed by atoms with van der Waals surface area (Å²) in [6.45, 7) is 16.1. The van der Waals surface area contributed by atoms with Gasteiger partial charge in [0.15, 0.2) is 0 Å². The van der Waals surface area contributed by atoms with E-state index in [2.05, 4.69) is 41.5 Å². The summed E-state index contributed by atoms with van der Waals surface area (Å²) in [4.78, 5) is 0. The van der Waals surface area contributed by atoms with Crippen LogP contribution in [0, 0.1) is 0 Å². The summed E-state index contributed by atoms with van der Waals surface area (Å²) in [6, 6.07) is 0. The molecule has 0 spiro atoms. The van der Waals surface area contributed by atoms with Crippen molar-refractivity contribution < 1.29 is 9.53 Å². The van der Waals surface area contributed by atoms with Crippen LogP contribution in [0.4, 0.5) is 0 Å². The number of aliphatic hydroxyl groups excluding tert-OH is 1. The molecule has 0 saturated heterocycles. The molecular weight excluding hydrogens is 228 g/mol. The molecule has 0 saturated carbocycles. The first-order valence-corrected chi connectivity index (χ1v) is 8.87. The van der Waals surface area contributed by atoms with Crippen LogP contribution in [0.15, 0.2) is 12.2 Å². The Morgan fingerprint density at radius 1 is 0.941 bits per heavy atom. The van der Waals surface area contributed by atoms with Gasteiger partial charge in [-0.2, -0.15) is 0 Å². The summed E-state index contributed by atoms with van der Waals surface area (Å²) in [7, 11) is -1.73. The van der Waals surface area contributed by atoms with Gasteiger partial charge in [-0.05, 0) is 23.5 Å². The molecule has 1 N–H and O–H groups in total. The van der Waals surface area contributed by atoms with Crippen LogP contribution in [0.2, 0.25) is 16.6 Å². The van der Waals surface area contributed by atoms with Gasteiger partial charge >= 0.3 is 0 Å². The van der Waals surface area contributed by atoms with Crippen LogP contribution in [0.3, 0.4) is 0 Å². The first kappa shape index (κ1) is 16.9. The van der Waals surface area contributed by atoms with Gasteiger partial charge in [0.25, 0.3) is 0 Å². The van der Waals surface area contributed by atoms with E-state index < -0.39 is 8.32 Å². The molecule has 1 atom stereocenters. The molecule has 0 aliphatic heterocycles. The molecule has 0 aliphatic carbocycles. The third-order valence-corrected chi connectivity index (χ3v) is 9.63. The second-order valence-electron chi connectivity index (χ2n) is 5.80. The Labute approximate surface area is 108 Å². The first-order chi connectivity index (χ1) is 7.75. The van der Waals surface area contributed by atoms with Gasteiger partial charge in [-0.15, -0.1) is 0 Å². The molecule has 0 radical (unpaired) electrons. The molecule has 0 rings (SSSR count). The SMILES string of the molecule is CC(O)/C=C\CO[Si](C(C)C)(C(C)C)C(C)C. The third kappa shape index (κ3) is 4.57. The molecule has 1 unspecified atom stereocenters. The van der Waals surface area contributed by atoms with E-state index in [1.165, 1.54) is 0 Å². The zero-order chi connectivity index (χ0) is 13.6. The Morgan fingerprint density at radius 2 is 1.35 bits per heavy atom. The average molecular weight is 258 g/mol. The minimum atomic E-state index is -1.73. The predicted molar refractivity (Wildman–Crippen MR) is 77.8 cm³/mol. The number of rotatable bonds is 7. The van der Waals surface area contributed by atoms with E-state index in [9.17, 15) is 5.11 Å². The maximum atomic E-state index is 9.18. The Balaban J connectivity index is 4.71. The van der Waals surface area contributed by atoms with E-state index in [1.807, 2.05) is 6.08 Å². The molecule has 0 amide bonds. The van der Waals surface area contributed by atoms with Crippen molar-refractivity contribution in [3.05, 3.63) is 12.2 Å². The first-order valence-electron chi connectivity index (χ1n) is 6.73. The fourth-order valence-electron chi connectivity index (χ4n) is 2.94. The maximum absolute atomic E-state index is 9.18. The van der Waals surface area contributed by atoms with E-state index in [1.54, 1.807) is 13.0 Å². The summed E-state index contributed by atoms with van der Waals surface area (Å²) in [6.07, 6.45) is 3.35. The summed E-state index contributed by atoms with van der Waals surface area (Å²) in [5, 5.41) is 9.18. The number of hydrogen-bond acceptors (Lipinski definition) is 2. The van der Waals surface area contributed by atoms with Crippen LogP contribution in [0.1, 0.15) is 48.5 Å². The minimum absolute atomic E-state index is 0.383. The Morgan fingerprint density at radius 3 is 1.65 bits per heavy atom. The van der Waals surface area contributed by atoms with E-state index in [0.29, 0.717) is 23.2 Å². The third-order valence-electron chi connectivity index (χ3n) is 3.55. The second kappa shape index (κ2) is 7.34. The van der Waals surface area contributed by atoms with Crippen LogP contribution in [-0.2, 0) is 4.43 Å². The summed E-state index contributed by atoms with van der Waals surface area (Å²) in [5.41, 5.74) is 1.84. The quantitative estimate of drug-likeness (QED) is 0.550. The van der Waals surface area contributed by atoms with Crippen molar-refractivity contribution in [1.82, 2.24) is 0 Å². The standard InChI is InChI=1S/C14H30O2Si/c1-11(2)17(12(3)4,13(5)6)16-10-8-9-14(7)15/h8-9,11-15H,10H2,1-7H3/b9-8-. The lowest BCUT2D eigenvalue weighted by atomic mass is 10.4. The average Bonchev–Trinajstić information content (AvgIpc) is 2.15. The van der Waals surface area contributed by atoms with Crippen molar-refractivity contribution in [2.24, 2.45) is 0 Å². The van der Waals surface area contributed by atoms with Crippen molar-refractivity contribution in [2.45, 2.75) is 71.2 Å². The van der Waals surface area contributed by atoms with Crippen LogP contribution < -0.4 is 0 Å². The maximum Gasteiger partial charge on any atom is 0.200 e. The molecular formula is C14H30O2Si. The van der Waals surface area contributed by atoms with Crippen LogP contribution in [-0.4, -0.2) is 26.1 Å². The van der Waals surface area contributed by atoms with Gasteiger partial charge in [-0.3, -0.25) is 0 Å². The molecule has 0 aromatic rings. The van der Waals surface area contributed by atoms with Gasteiger partial charge in [0, 0.05) is 0 Å². The lowest BCUT2D eigenvalue weighted by molar-refractivity contribution is 0.242. The zero-order valence-corrected chi connectivity index (χ0v) is 13.5. The topological polar surface area (TPSA) is 29.5 Å². The molecule has 3 heteroatoms. The fraction of sp³-hybridized carbons (Fsp3) is 0.857. The molecule has 0 aliphatic rings. The fourth-order valence-corrected chi connectivity index (χ4v) is 8.33. The smallest absolute Gasteiger partial charge is 0.200 e. The van der Waals surface area contributed by atoms with Gasteiger partial charge in [0.2, 0.25) is 8.32 Å². The molecule has 0 bridgehead atoms. The second-order valence-corrected chi connectivity index (χ2v) is 11.3. The largest absolute Gasteiger partial charge is 0.412 e. The van der Waals surface area contributed by atoms with E-state index in [4.69, 9.17) is 4.43 Å². The highest BCUT2D eigenvalue weighted by Gasteiger charge is 2.44. The van der Waals surface area contributed by atoms with Gasteiger partial charge in [0.05, 0.1) is 12.7 Å². The van der Waals surface area contributed by atoms with Crippen LogP contribution in [0.25, 0.3) is 0 Å². The van der Waals surface area contributed by atoms with Crippen LogP contribution >= 0.6 is 0 Å². The van der Waals surface area contributed by atoms with Gasteiger partial charge < -0.3 is 9.53 Å². The molecule has 0 heterocycles. The molecule has 2 nitrogen and oxygen atoms in total. The summed E-state index contributed by atoms with van der Waals surface area (Å²) in [5.74, 6) is 0. The highest BCUT2D eigenvalue weighted by Crippen LogP contribution is 2.42. The Kier molecular flexibility index (Phi) is 7.29. The normalized spacial score (nSPS) is 15.5. The van der Waals surface area contributed by atoms with Crippen molar-refractivity contribution in [1.29, 1.82) is 0 Å². The summed E-state index contributed by atoms with van der Waals surface area (Å²) >= 11 is 0. The van der Waals surface area contributed by atoms with Gasteiger partial charge in [0.1, 0.15) is 0 Å². The van der Waals surface area contributed by atoms with Crippen molar-refractivity contribution in [2.75, 3.05) is 6.61 Å². The Hall–Kier alpha value is -0.123. The highest BCUT2D eigenvalue weighted by atomic mass is 28.4. The molecule has 0 aromatic heterocycles. The van der Waals surface area contributed by atoms with Gasteiger partial charge in [-0.1, -0.05) is 53.7 Å². The van der Waals surface area contributed by atoms with E-state index >= 15 is 0 Å². The van der Waals surface area contributed by atoms with Crippen molar-refractivity contribution >= 4 is 8.32 Å². The predicted octanol–water partition coefficient (Wildman–Crippen LogP) is 4.12. The monoisotopic (exact) mass is 258 g/mol. The summed E-state index contributed by atoms with van der Waals surface area (Å²) < 4.78 is 6.31. The molecule has 17 heavy (non-hydrogen) atoms. The molecule has 102 valence electrons. The van der Waals surface area contributed by atoms with Crippen molar-refractivity contribution in [3.63, 3.8) is 0 Å². The zero-order valence-electron chi connectivity index (χ0n) is 12.5. The van der Waals surface area contributed by atoms with E-state index in [0.717, 1.165) is 0 Å². The number of aliphatic hydroxyl groups is 1. The van der Waals surface area contributed by atoms with Crippen molar-refractivity contribution in [3.8, 4) is 0 Å². The minimum Gasteiger partial charge on any atom is -0.412 e. The Bertz CT molecular complexity index is 211. The highest BCUT2D eigenvalue weighted by molar-refractivity contribution is 6.77. The molecule has 0 aromatic carbocycles. The molecule has 0 fully saturated rings. The lowest BCUT2D eigenvalue weighted by Gasteiger charge is -2.41. The van der Waals surface area contributed by atoms with E-state index in [-0.39, 0.29) is 6.10 Å². The number of hydrogen-bond donors (Lipinski definition) is 1. The lowest BCUT2D eigenvalue weighted by Crippen LogP contribution is -2.47.